The van der Waals surface area contributed by atoms with Gasteiger partial charge < -0.3 is 0 Å². The molecule has 0 aliphatic heterocycles. The Morgan fingerprint density at radius 3 is 2.37 bits per heavy atom. The van der Waals surface area contributed by atoms with Crippen LogP contribution in [0.25, 0.3) is 28.7 Å². The zero-order valence-electron chi connectivity index (χ0n) is 15.6. The quantitative estimate of drug-likeness (QED) is 0.516. The van der Waals surface area contributed by atoms with Crippen molar-refractivity contribution in [1.82, 2.24) is 9.55 Å². The lowest BCUT2D eigenvalue weighted by Gasteiger charge is -2.12. The van der Waals surface area contributed by atoms with Gasteiger partial charge in [-0.15, -0.1) is 0 Å². The molecule has 1 heterocycles. The lowest BCUT2D eigenvalue weighted by Crippen LogP contribution is -2.23. The van der Waals surface area contributed by atoms with E-state index in [1.807, 2.05) is 6.07 Å². The number of nitrogens with zero attached hydrogens (tertiary/aromatic N) is 4. The average molecular weight is 392 g/mol. The molecule has 4 aromatic rings. The summed E-state index contributed by atoms with van der Waals surface area (Å²) in [6.45, 7) is 0. The highest BCUT2D eigenvalue weighted by molar-refractivity contribution is 5.80. The van der Waals surface area contributed by atoms with Crippen LogP contribution < -0.4 is 5.56 Å². The Hall–Kier alpha value is -4.55. The van der Waals surface area contributed by atoms with Crippen LogP contribution in [0.5, 0.6) is 0 Å². The maximum Gasteiger partial charge on any atom is 0.269 e. The van der Waals surface area contributed by atoms with Crippen molar-refractivity contribution in [2.45, 2.75) is 0 Å². The molecule has 142 valence electrons. The molecule has 4 rings (SSSR count). The third-order valence-corrected chi connectivity index (χ3v) is 4.57. The van der Waals surface area contributed by atoms with Gasteiger partial charge in [0.2, 0.25) is 0 Å². The largest absolute Gasteiger partial charge is 0.269 e. The Labute approximate surface area is 171 Å². The van der Waals surface area contributed by atoms with Gasteiger partial charge in [0.15, 0.2) is 0 Å². The standard InChI is InChI=1S/C24H13FN4O/c25-20-5-2-6-21-23(20)24(30)29(19-4-1-3-18(13-19)15-27)22(28-21)12-11-16-7-9-17(14-26)10-8-16/h1-13H/b12-11+. The molecule has 0 amide bonds. The monoisotopic (exact) mass is 392 g/mol. The number of benzene rings is 3. The van der Waals surface area contributed by atoms with E-state index in [1.165, 1.54) is 16.7 Å². The van der Waals surface area contributed by atoms with Gasteiger partial charge in [-0.2, -0.15) is 10.5 Å². The molecule has 0 radical (unpaired) electrons. The summed E-state index contributed by atoms with van der Waals surface area (Å²) in [5.41, 5.74) is 1.81. The highest BCUT2D eigenvalue weighted by atomic mass is 19.1. The lowest BCUT2D eigenvalue weighted by atomic mass is 10.1. The van der Waals surface area contributed by atoms with E-state index in [0.29, 0.717) is 16.8 Å². The van der Waals surface area contributed by atoms with Crippen LogP contribution in [0.3, 0.4) is 0 Å². The van der Waals surface area contributed by atoms with Crippen LogP contribution in [-0.4, -0.2) is 9.55 Å². The van der Waals surface area contributed by atoms with E-state index in [4.69, 9.17) is 5.26 Å². The van der Waals surface area contributed by atoms with E-state index in [-0.39, 0.29) is 16.7 Å². The minimum atomic E-state index is -0.655. The lowest BCUT2D eigenvalue weighted by molar-refractivity contribution is 0.637. The number of fused-ring (bicyclic) bond motifs is 1. The Kier molecular flexibility index (Phi) is 4.90. The van der Waals surface area contributed by atoms with Crippen molar-refractivity contribution in [3.8, 4) is 17.8 Å². The third-order valence-electron chi connectivity index (χ3n) is 4.57. The Balaban J connectivity index is 1.95. The summed E-state index contributed by atoms with van der Waals surface area (Å²) in [6.07, 6.45) is 3.39. The summed E-state index contributed by atoms with van der Waals surface area (Å²) >= 11 is 0. The predicted molar refractivity (Wildman–Crippen MR) is 112 cm³/mol. The number of hydrogen-bond donors (Lipinski definition) is 0. The normalized spacial score (nSPS) is 10.8. The maximum absolute atomic E-state index is 14.4. The first-order valence-electron chi connectivity index (χ1n) is 9.01. The van der Waals surface area contributed by atoms with Crippen LogP contribution in [0.4, 0.5) is 4.39 Å². The summed E-state index contributed by atoms with van der Waals surface area (Å²) < 4.78 is 15.7. The highest BCUT2D eigenvalue weighted by Gasteiger charge is 2.14. The molecule has 0 atom stereocenters. The van der Waals surface area contributed by atoms with Crippen LogP contribution in [0.1, 0.15) is 22.5 Å². The molecule has 0 saturated carbocycles. The minimum Gasteiger partial charge on any atom is -0.268 e. The molecular weight excluding hydrogens is 379 g/mol. The van der Waals surface area contributed by atoms with Gasteiger partial charge in [0, 0.05) is 0 Å². The van der Waals surface area contributed by atoms with E-state index in [1.54, 1.807) is 66.7 Å². The van der Waals surface area contributed by atoms with E-state index >= 15 is 0 Å². The van der Waals surface area contributed by atoms with Gasteiger partial charge in [-0.3, -0.25) is 9.36 Å². The molecule has 0 unspecified atom stereocenters. The molecule has 0 saturated heterocycles. The van der Waals surface area contributed by atoms with Gasteiger partial charge in [-0.05, 0) is 54.1 Å². The molecule has 0 aliphatic carbocycles. The van der Waals surface area contributed by atoms with Crippen molar-refractivity contribution in [1.29, 1.82) is 10.5 Å². The minimum absolute atomic E-state index is 0.115. The predicted octanol–water partition coefficient (Wildman–Crippen LogP) is 4.44. The summed E-state index contributed by atoms with van der Waals surface area (Å²) in [7, 11) is 0. The van der Waals surface area contributed by atoms with Crippen molar-refractivity contribution >= 4 is 23.1 Å². The van der Waals surface area contributed by atoms with E-state index in [2.05, 4.69) is 11.1 Å². The van der Waals surface area contributed by atoms with Gasteiger partial charge in [0.05, 0.1) is 34.5 Å². The Morgan fingerprint density at radius 1 is 0.900 bits per heavy atom. The fraction of sp³-hybridized carbons (Fsp3) is 0. The fourth-order valence-corrected chi connectivity index (χ4v) is 3.12. The van der Waals surface area contributed by atoms with Crippen LogP contribution in [-0.2, 0) is 0 Å². The summed E-state index contributed by atoms with van der Waals surface area (Å²) in [5.74, 6) is -0.365. The molecule has 3 aromatic carbocycles. The SMILES string of the molecule is N#Cc1ccc(/C=C/c2nc3cccc(F)c3c(=O)n2-c2cccc(C#N)c2)cc1. The number of hydrogen-bond acceptors (Lipinski definition) is 4. The van der Waals surface area contributed by atoms with Crippen LogP contribution in [0.2, 0.25) is 0 Å². The second-order valence-corrected chi connectivity index (χ2v) is 6.47. The van der Waals surface area contributed by atoms with E-state index in [9.17, 15) is 14.4 Å². The molecule has 6 heteroatoms. The van der Waals surface area contributed by atoms with Gasteiger partial charge in [-0.25, -0.2) is 9.37 Å². The second kappa shape index (κ2) is 7.83. The van der Waals surface area contributed by atoms with Gasteiger partial charge in [0.25, 0.3) is 5.56 Å². The highest BCUT2D eigenvalue weighted by Crippen LogP contribution is 2.18. The molecule has 0 aliphatic rings. The zero-order chi connectivity index (χ0) is 21.1. The van der Waals surface area contributed by atoms with E-state index in [0.717, 1.165) is 5.56 Å². The van der Waals surface area contributed by atoms with Crippen molar-refractivity contribution in [2.75, 3.05) is 0 Å². The number of rotatable bonds is 3. The van der Waals surface area contributed by atoms with Gasteiger partial charge >= 0.3 is 0 Å². The fourth-order valence-electron chi connectivity index (χ4n) is 3.12. The number of nitriles is 2. The Bertz CT molecular complexity index is 1440. The first kappa shape index (κ1) is 18.8. The van der Waals surface area contributed by atoms with Crippen LogP contribution in [0.15, 0.2) is 71.5 Å². The number of aromatic nitrogens is 2. The number of halogens is 1. The molecule has 0 bridgehead atoms. The molecular formula is C24H13FN4O. The summed E-state index contributed by atoms with van der Waals surface area (Å²) in [5, 5.41) is 18.0. The first-order valence-corrected chi connectivity index (χ1v) is 9.01. The summed E-state index contributed by atoms with van der Waals surface area (Å²) in [4.78, 5) is 17.7. The topological polar surface area (TPSA) is 82.5 Å². The molecule has 5 nitrogen and oxygen atoms in total. The van der Waals surface area contributed by atoms with Crippen LogP contribution >= 0.6 is 0 Å². The van der Waals surface area contributed by atoms with Gasteiger partial charge in [-0.1, -0.05) is 30.3 Å². The molecule has 1 aromatic heterocycles. The summed E-state index contributed by atoms with van der Waals surface area (Å²) in [6, 6.07) is 21.8. The van der Waals surface area contributed by atoms with Gasteiger partial charge in [0.1, 0.15) is 17.0 Å². The first-order chi connectivity index (χ1) is 14.6. The molecule has 0 spiro atoms. The van der Waals surface area contributed by atoms with Crippen molar-refractivity contribution < 1.29 is 4.39 Å². The molecule has 30 heavy (non-hydrogen) atoms. The maximum atomic E-state index is 14.4. The van der Waals surface area contributed by atoms with Crippen LogP contribution in [0, 0.1) is 28.5 Å². The molecule has 0 N–H and O–H groups in total. The third kappa shape index (κ3) is 3.46. The molecule has 0 fully saturated rings. The Morgan fingerprint density at radius 2 is 1.63 bits per heavy atom. The van der Waals surface area contributed by atoms with Crippen molar-refractivity contribution in [3.63, 3.8) is 0 Å². The van der Waals surface area contributed by atoms with Crippen molar-refractivity contribution in [2.24, 2.45) is 0 Å². The average Bonchev–Trinajstić information content (AvgIpc) is 2.78. The smallest absolute Gasteiger partial charge is 0.268 e. The zero-order valence-corrected chi connectivity index (χ0v) is 15.6. The second-order valence-electron chi connectivity index (χ2n) is 6.47. The van der Waals surface area contributed by atoms with Crippen molar-refractivity contribution in [3.05, 3.63) is 105 Å². The van der Waals surface area contributed by atoms with E-state index < -0.39 is 11.4 Å².